The Balaban J connectivity index is 2.09. The summed E-state index contributed by atoms with van der Waals surface area (Å²) in [5.41, 5.74) is 1.11. The summed E-state index contributed by atoms with van der Waals surface area (Å²) < 4.78 is 5.71. The third-order valence-corrected chi connectivity index (χ3v) is 3.82. The first-order valence-electron chi connectivity index (χ1n) is 7.39. The van der Waals surface area contributed by atoms with Crippen molar-refractivity contribution >= 4 is 28.9 Å². The number of carbonyl (C=O) groups excluding carboxylic acids is 1. The van der Waals surface area contributed by atoms with E-state index in [2.05, 4.69) is 5.32 Å². The maximum Gasteiger partial charge on any atom is 0.271 e. The molecule has 126 valence electrons. The largest absolute Gasteiger partial charge is 0.481 e. The molecule has 1 amide bonds. The molecule has 24 heavy (non-hydrogen) atoms. The Morgan fingerprint density at radius 2 is 2.08 bits per heavy atom. The minimum Gasteiger partial charge on any atom is -0.481 e. The van der Waals surface area contributed by atoms with Crippen molar-refractivity contribution in [3.63, 3.8) is 0 Å². The van der Waals surface area contributed by atoms with E-state index in [1.807, 2.05) is 13.8 Å². The molecule has 0 aliphatic heterocycles. The summed E-state index contributed by atoms with van der Waals surface area (Å²) in [6.07, 6.45) is -0.271. The summed E-state index contributed by atoms with van der Waals surface area (Å²) >= 11 is 5.97. The number of halogens is 1. The van der Waals surface area contributed by atoms with Gasteiger partial charge in [-0.1, -0.05) is 24.6 Å². The van der Waals surface area contributed by atoms with Crippen LogP contribution in [-0.4, -0.2) is 16.9 Å². The third kappa shape index (κ3) is 4.45. The number of nitro benzene ring substituents is 1. The SMILES string of the molecule is CCC(Oc1ccc(Cl)c(C)c1)C(=O)Nc1cccc([N+](=O)[O-])c1. The van der Waals surface area contributed by atoms with Gasteiger partial charge in [0.05, 0.1) is 4.92 Å². The zero-order valence-electron chi connectivity index (χ0n) is 13.3. The number of amides is 1. The van der Waals surface area contributed by atoms with Gasteiger partial charge in [0.2, 0.25) is 0 Å². The molecule has 0 saturated heterocycles. The zero-order valence-corrected chi connectivity index (χ0v) is 14.0. The molecule has 1 atom stereocenters. The van der Waals surface area contributed by atoms with Crippen LogP contribution in [0, 0.1) is 17.0 Å². The standard InChI is InChI=1S/C17H17ClN2O4/c1-3-16(24-14-7-8-15(18)11(2)9-14)17(21)19-12-5-4-6-13(10-12)20(22)23/h4-10,16H,3H2,1-2H3,(H,19,21). The molecule has 0 saturated carbocycles. The molecule has 2 aromatic carbocycles. The van der Waals surface area contributed by atoms with Crippen molar-refractivity contribution in [1.82, 2.24) is 0 Å². The minimum absolute atomic E-state index is 0.0879. The Kier molecular flexibility index (Phi) is 5.76. The quantitative estimate of drug-likeness (QED) is 0.621. The monoisotopic (exact) mass is 348 g/mol. The molecule has 0 aromatic heterocycles. The second-order valence-corrected chi connectivity index (χ2v) is 5.63. The number of hydrogen-bond donors (Lipinski definition) is 1. The van der Waals surface area contributed by atoms with Gasteiger partial charge in [0.15, 0.2) is 6.10 Å². The highest BCUT2D eigenvalue weighted by Gasteiger charge is 2.19. The van der Waals surface area contributed by atoms with E-state index in [9.17, 15) is 14.9 Å². The van der Waals surface area contributed by atoms with Gasteiger partial charge in [-0.2, -0.15) is 0 Å². The smallest absolute Gasteiger partial charge is 0.271 e. The number of hydrogen-bond acceptors (Lipinski definition) is 4. The number of nitrogens with one attached hydrogen (secondary N) is 1. The van der Waals surface area contributed by atoms with E-state index >= 15 is 0 Å². The van der Waals surface area contributed by atoms with Gasteiger partial charge in [0.1, 0.15) is 5.75 Å². The van der Waals surface area contributed by atoms with Crippen molar-refractivity contribution < 1.29 is 14.5 Å². The topological polar surface area (TPSA) is 81.5 Å². The predicted octanol–water partition coefficient (Wildman–Crippen LogP) is 4.35. The molecule has 7 heteroatoms. The van der Waals surface area contributed by atoms with Gasteiger partial charge in [0, 0.05) is 22.8 Å². The number of non-ortho nitro benzene ring substituents is 1. The highest BCUT2D eigenvalue weighted by atomic mass is 35.5. The molecule has 0 bridgehead atoms. The highest BCUT2D eigenvalue weighted by Crippen LogP contribution is 2.23. The fourth-order valence-corrected chi connectivity index (χ4v) is 2.21. The summed E-state index contributed by atoms with van der Waals surface area (Å²) in [5, 5.41) is 14.0. The van der Waals surface area contributed by atoms with Gasteiger partial charge >= 0.3 is 0 Å². The molecule has 0 heterocycles. The first-order valence-corrected chi connectivity index (χ1v) is 7.76. The van der Waals surface area contributed by atoms with Crippen molar-refractivity contribution in [2.45, 2.75) is 26.4 Å². The van der Waals surface area contributed by atoms with Crippen molar-refractivity contribution in [2.75, 3.05) is 5.32 Å². The second kappa shape index (κ2) is 7.79. The fraction of sp³-hybridized carbons (Fsp3) is 0.235. The van der Waals surface area contributed by atoms with Gasteiger partial charge in [-0.3, -0.25) is 14.9 Å². The number of ether oxygens (including phenoxy) is 1. The van der Waals surface area contributed by atoms with Crippen LogP contribution in [0.4, 0.5) is 11.4 Å². The molecule has 0 radical (unpaired) electrons. The molecular formula is C17H17ClN2O4. The van der Waals surface area contributed by atoms with Crippen molar-refractivity contribution in [3.8, 4) is 5.75 Å². The summed E-state index contributed by atoms with van der Waals surface area (Å²) in [4.78, 5) is 22.6. The molecule has 0 aliphatic carbocycles. The Labute approximate surface area is 144 Å². The Bertz CT molecular complexity index is 764. The third-order valence-electron chi connectivity index (χ3n) is 3.40. The average Bonchev–Trinajstić information content (AvgIpc) is 2.55. The van der Waals surface area contributed by atoms with E-state index in [-0.39, 0.29) is 11.6 Å². The molecular weight excluding hydrogens is 332 g/mol. The van der Waals surface area contributed by atoms with Crippen LogP contribution in [0.2, 0.25) is 5.02 Å². The van der Waals surface area contributed by atoms with Crippen LogP contribution >= 0.6 is 11.6 Å². The summed E-state index contributed by atoms with van der Waals surface area (Å²) in [6.45, 7) is 3.67. The lowest BCUT2D eigenvalue weighted by molar-refractivity contribution is -0.384. The molecule has 1 N–H and O–H groups in total. The molecule has 2 aromatic rings. The molecule has 6 nitrogen and oxygen atoms in total. The van der Waals surface area contributed by atoms with Gasteiger partial charge in [-0.25, -0.2) is 0 Å². The molecule has 1 unspecified atom stereocenters. The van der Waals surface area contributed by atoms with Gasteiger partial charge < -0.3 is 10.1 Å². The van der Waals surface area contributed by atoms with Crippen molar-refractivity contribution in [3.05, 3.63) is 63.2 Å². The van der Waals surface area contributed by atoms with E-state index in [1.54, 1.807) is 24.3 Å². The number of anilines is 1. The number of benzene rings is 2. The number of nitrogens with zero attached hydrogens (tertiary/aromatic N) is 1. The average molecular weight is 349 g/mol. The summed E-state index contributed by atoms with van der Waals surface area (Å²) in [5.74, 6) is 0.170. The van der Waals surface area contributed by atoms with E-state index in [1.165, 1.54) is 18.2 Å². The van der Waals surface area contributed by atoms with E-state index < -0.39 is 11.0 Å². The van der Waals surface area contributed by atoms with Crippen LogP contribution in [-0.2, 0) is 4.79 Å². The van der Waals surface area contributed by atoms with E-state index in [0.717, 1.165) is 5.56 Å². The van der Waals surface area contributed by atoms with Crippen LogP contribution < -0.4 is 10.1 Å². The van der Waals surface area contributed by atoms with Crippen LogP contribution in [0.5, 0.6) is 5.75 Å². The van der Waals surface area contributed by atoms with Gasteiger partial charge in [-0.05, 0) is 43.2 Å². The lowest BCUT2D eigenvalue weighted by atomic mass is 10.2. The highest BCUT2D eigenvalue weighted by molar-refractivity contribution is 6.31. The van der Waals surface area contributed by atoms with Crippen LogP contribution in [0.1, 0.15) is 18.9 Å². The minimum atomic E-state index is -0.718. The normalized spacial score (nSPS) is 11.6. The van der Waals surface area contributed by atoms with Crippen molar-refractivity contribution in [1.29, 1.82) is 0 Å². The van der Waals surface area contributed by atoms with Crippen LogP contribution in [0.25, 0.3) is 0 Å². The first-order chi connectivity index (χ1) is 11.4. The van der Waals surface area contributed by atoms with E-state index in [4.69, 9.17) is 16.3 Å². The summed E-state index contributed by atoms with van der Waals surface area (Å²) in [7, 11) is 0. The Morgan fingerprint density at radius 3 is 2.71 bits per heavy atom. The first kappa shape index (κ1) is 17.7. The maximum absolute atomic E-state index is 12.3. The molecule has 2 rings (SSSR count). The second-order valence-electron chi connectivity index (χ2n) is 5.22. The zero-order chi connectivity index (χ0) is 17.7. The molecule has 0 aliphatic rings. The molecule has 0 fully saturated rings. The Hall–Kier alpha value is -2.60. The van der Waals surface area contributed by atoms with Crippen LogP contribution in [0.15, 0.2) is 42.5 Å². The van der Waals surface area contributed by atoms with Crippen molar-refractivity contribution in [2.24, 2.45) is 0 Å². The van der Waals surface area contributed by atoms with E-state index in [0.29, 0.717) is 22.9 Å². The molecule has 0 spiro atoms. The summed E-state index contributed by atoms with van der Waals surface area (Å²) in [6, 6.07) is 10.9. The predicted molar refractivity (Wildman–Crippen MR) is 92.6 cm³/mol. The lowest BCUT2D eigenvalue weighted by Gasteiger charge is -2.17. The Morgan fingerprint density at radius 1 is 1.33 bits per heavy atom. The lowest BCUT2D eigenvalue weighted by Crippen LogP contribution is -2.32. The fourth-order valence-electron chi connectivity index (χ4n) is 2.10. The van der Waals surface area contributed by atoms with Gasteiger partial charge in [-0.15, -0.1) is 0 Å². The van der Waals surface area contributed by atoms with Gasteiger partial charge in [0.25, 0.3) is 11.6 Å². The number of aryl methyl sites for hydroxylation is 1. The van der Waals surface area contributed by atoms with Crippen LogP contribution in [0.3, 0.4) is 0 Å². The number of rotatable bonds is 6. The number of nitro groups is 1. The maximum atomic E-state index is 12.3. The number of carbonyl (C=O) groups is 1.